The molecule has 3 aromatic heterocycles. The molecule has 0 spiro atoms. The third-order valence-corrected chi connectivity index (χ3v) is 6.14. The van der Waals surface area contributed by atoms with E-state index in [0.717, 1.165) is 43.0 Å². The van der Waals surface area contributed by atoms with Gasteiger partial charge in [-0.25, -0.2) is 14.4 Å². The van der Waals surface area contributed by atoms with Crippen LogP contribution in [-0.2, 0) is 0 Å². The summed E-state index contributed by atoms with van der Waals surface area (Å²) in [6.45, 7) is 9.43. The lowest BCUT2D eigenvalue weighted by Crippen LogP contribution is -2.44. The van der Waals surface area contributed by atoms with Crippen molar-refractivity contribution in [2.45, 2.75) is 6.92 Å². The Bertz CT molecular complexity index is 1390. The minimum atomic E-state index is -0.342. The molecule has 5 rings (SSSR count). The van der Waals surface area contributed by atoms with Gasteiger partial charge in [-0.1, -0.05) is 30.9 Å². The summed E-state index contributed by atoms with van der Waals surface area (Å²) in [7, 11) is 2.13. The van der Waals surface area contributed by atoms with Crippen molar-refractivity contribution in [3.63, 3.8) is 0 Å². The Morgan fingerprint density at radius 2 is 2.00 bits per heavy atom. The maximum absolute atomic E-state index is 15.7. The van der Waals surface area contributed by atoms with Crippen molar-refractivity contribution >= 4 is 33.3 Å². The molecular weight excluding hydrogens is 417 g/mol. The normalized spacial score (nSPS) is 15.8. The van der Waals surface area contributed by atoms with Crippen LogP contribution in [0.1, 0.15) is 12.5 Å². The molecule has 1 aliphatic rings. The molecule has 1 aromatic carbocycles. The second kappa shape index (κ2) is 8.63. The van der Waals surface area contributed by atoms with Crippen LogP contribution < -0.4 is 4.90 Å². The first-order valence-electron chi connectivity index (χ1n) is 11.0. The van der Waals surface area contributed by atoms with E-state index in [9.17, 15) is 0 Å². The minimum Gasteiger partial charge on any atom is -0.367 e. The fourth-order valence-electron chi connectivity index (χ4n) is 4.30. The Kier molecular flexibility index (Phi) is 5.51. The van der Waals surface area contributed by atoms with E-state index < -0.39 is 0 Å². The number of hydrogen-bond donors (Lipinski definition) is 2. The van der Waals surface area contributed by atoms with Crippen LogP contribution in [0.5, 0.6) is 0 Å². The van der Waals surface area contributed by atoms with Gasteiger partial charge in [0, 0.05) is 37.9 Å². The van der Waals surface area contributed by atoms with Gasteiger partial charge in [0.2, 0.25) is 0 Å². The zero-order valence-corrected chi connectivity index (χ0v) is 18.8. The Morgan fingerprint density at radius 3 is 2.76 bits per heavy atom. The van der Waals surface area contributed by atoms with Crippen LogP contribution in [0, 0.1) is 5.82 Å². The number of fused-ring (bicyclic) bond motifs is 2. The van der Waals surface area contributed by atoms with E-state index in [4.69, 9.17) is 0 Å². The number of anilines is 1. The van der Waals surface area contributed by atoms with Crippen molar-refractivity contribution in [2.75, 3.05) is 38.1 Å². The SMILES string of the molecule is C=C/C=C\C(=C/C)c1ccc2[nH]nc(-c3nc4nccc(N5CCN(C)CC5)c4[nH]3)c2c1F. The maximum atomic E-state index is 15.7. The van der Waals surface area contributed by atoms with Gasteiger partial charge in [-0.3, -0.25) is 5.10 Å². The molecule has 2 N–H and O–H groups in total. The van der Waals surface area contributed by atoms with Crippen molar-refractivity contribution in [3.05, 3.63) is 66.7 Å². The topological polar surface area (TPSA) is 76.7 Å². The number of pyridine rings is 1. The molecule has 0 radical (unpaired) electrons. The Hall–Kier alpha value is -3.78. The van der Waals surface area contributed by atoms with E-state index in [1.807, 2.05) is 31.2 Å². The smallest absolute Gasteiger partial charge is 0.180 e. The van der Waals surface area contributed by atoms with Gasteiger partial charge in [0.05, 0.1) is 16.6 Å². The molecule has 4 heterocycles. The molecule has 0 amide bonds. The van der Waals surface area contributed by atoms with Gasteiger partial charge in [-0.2, -0.15) is 5.10 Å². The number of hydrogen-bond acceptors (Lipinski definition) is 5. The van der Waals surface area contributed by atoms with E-state index in [1.54, 1.807) is 24.4 Å². The number of halogens is 1. The third kappa shape index (κ3) is 3.72. The van der Waals surface area contributed by atoms with E-state index in [1.165, 1.54) is 0 Å². The molecule has 1 aliphatic heterocycles. The molecular formula is C25H26FN7. The molecule has 0 bridgehead atoms. The Morgan fingerprint density at radius 1 is 1.18 bits per heavy atom. The number of H-pyrrole nitrogens is 2. The first-order valence-corrected chi connectivity index (χ1v) is 11.0. The van der Waals surface area contributed by atoms with Crippen molar-refractivity contribution in [1.29, 1.82) is 0 Å². The van der Waals surface area contributed by atoms with E-state index in [2.05, 4.69) is 48.6 Å². The first-order chi connectivity index (χ1) is 16.1. The number of aromatic amines is 2. The summed E-state index contributed by atoms with van der Waals surface area (Å²) in [5, 5.41) is 7.75. The number of benzene rings is 1. The molecule has 0 atom stereocenters. The number of piperazine rings is 1. The lowest BCUT2D eigenvalue weighted by molar-refractivity contribution is 0.313. The Labute approximate surface area is 191 Å². The molecule has 168 valence electrons. The number of imidazole rings is 1. The monoisotopic (exact) mass is 443 g/mol. The summed E-state index contributed by atoms with van der Waals surface area (Å²) in [6, 6.07) is 5.60. The number of likely N-dealkylation sites (N-methyl/N-ethyl adjacent to an activating group) is 1. The van der Waals surface area contributed by atoms with Crippen molar-refractivity contribution in [2.24, 2.45) is 0 Å². The second-order valence-corrected chi connectivity index (χ2v) is 8.17. The average Bonchev–Trinajstić information content (AvgIpc) is 3.45. The molecule has 7 nitrogen and oxygen atoms in total. The Balaban J connectivity index is 1.61. The summed E-state index contributed by atoms with van der Waals surface area (Å²) in [5.41, 5.74) is 4.81. The molecule has 0 saturated carbocycles. The third-order valence-electron chi connectivity index (χ3n) is 6.14. The van der Waals surface area contributed by atoms with Crippen LogP contribution in [0.3, 0.4) is 0 Å². The summed E-state index contributed by atoms with van der Waals surface area (Å²) < 4.78 is 15.7. The molecule has 1 fully saturated rings. The summed E-state index contributed by atoms with van der Waals surface area (Å²) >= 11 is 0. The van der Waals surface area contributed by atoms with Gasteiger partial charge >= 0.3 is 0 Å². The fourth-order valence-corrected chi connectivity index (χ4v) is 4.30. The molecule has 0 aliphatic carbocycles. The predicted octanol–water partition coefficient (Wildman–Crippen LogP) is 4.54. The molecule has 0 unspecified atom stereocenters. The highest BCUT2D eigenvalue weighted by molar-refractivity contribution is 5.97. The van der Waals surface area contributed by atoms with E-state index >= 15 is 4.39 Å². The molecule has 8 heteroatoms. The van der Waals surface area contributed by atoms with Crippen LogP contribution in [0.2, 0.25) is 0 Å². The number of nitrogens with one attached hydrogen (secondary N) is 2. The van der Waals surface area contributed by atoms with Gasteiger partial charge in [0.25, 0.3) is 0 Å². The van der Waals surface area contributed by atoms with Gasteiger partial charge in [0.15, 0.2) is 11.5 Å². The molecule has 33 heavy (non-hydrogen) atoms. The van der Waals surface area contributed by atoms with Crippen LogP contribution >= 0.6 is 0 Å². The van der Waals surface area contributed by atoms with Crippen LogP contribution in [0.25, 0.3) is 39.2 Å². The van der Waals surface area contributed by atoms with Crippen LogP contribution in [-0.4, -0.2) is 63.3 Å². The van der Waals surface area contributed by atoms with E-state index in [0.29, 0.717) is 33.6 Å². The highest BCUT2D eigenvalue weighted by atomic mass is 19.1. The van der Waals surface area contributed by atoms with Crippen molar-refractivity contribution in [3.8, 4) is 11.5 Å². The zero-order chi connectivity index (χ0) is 22.9. The van der Waals surface area contributed by atoms with Gasteiger partial charge in [0.1, 0.15) is 17.0 Å². The van der Waals surface area contributed by atoms with Crippen molar-refractivity contribution in [1.82, 2.24) is 30.0 Å². The van der Waals surface area contributed by atoms with Gasteiger partial charge in [-0.15, -0.1) is 0 Å². The summed E-state index contributed by atoms with van der Waals surface area (Å²) in [4.78, 5) is 17.1. The number of aromatic nitrogens is 5. The highest BCUT2D eigenvalue weighted by Gasteiger charge is 2.22. The lowest BCUT2D eigenvalue weighted by atomic mass is 10.0. The lowest BCUT2D eigenvalue weighted by Gasteiger charge is -2.34. The number of nitrogens with zero attached hydrogens (tertiary/aromatic N) is 5. The summed E-state index contributed by atoms with van der Waals surface area (Å²) in [6.07, 6.45) is 8.94. The highest BCUT2D eigenvalue weighted by Crippen LogP contribution is 2.34. The maximum Gasteiger partial charge on any atom is 0.180 e. The van der Waals surface area contributed by atoms with Gasteiger partial charge < -0.3 is 14.8 Å². The van der Waals surface area contributed by atoms with Gasteiger partial charge in [-0.05, 0) is 37.7 Å². The van der Waals surface area contributed by atoms with Crippen LogP contribution in [0.15, 0.2) is 55.3 Å². The molecule has 4 aromatic rings. The number of rotatable bonds is 5. The first kappa shape index (κ1) is 21.1. The standard InChI is InChI=1S/C25H26FN7/c1-4-6-7-16(5-2)17-8-9-18-20(21(17)26)23(31-30-18)25-28-22-19(10-11-27-24(22)29-25)33-14-12-32(3)13-15-33/h4-11H,1,12-15H2,2-3H3,(H,30,31)(H,27,28,29)/b7-6-,16-5+. The van der Waals surface area contributed by atoms with E-state index in [-0.39, 0.29) is 5.82 Å². The zero-order valence-electron chi connectivity index (χ0n) is 18.8. The van der Waals surface area contributed by atoms with Crippen LogP contribution in [0.4, 0.5) is 10.1 Å². The second-order valence-electron chi connectivity index (χ2n) is 8.17. The predicted molar refractivity (Wildman–Crippen MR) is 132 cm³/mol. The van der Waals surface area contributed by atoms with Crippen molar-refractivity contribution < 1.29 is 4.39 Å². The summed E-state index contributed by atoms with van der Waals surface area (Å²) in [5.74, 6) is 0.149. The minimum absolute atomic E-state index is 0.342. The quantitative estimate of drug-likeness (QED) is 0.443. The average molecular weight is 444 g/mol. The number of allylic oxidation sites excluding steroid dienone is 5. The fraction of sp³-hybridized carbons (Fsp3) is 0.240. The largest absolute Gasteiger partial charge is 0.367 e. The molecule has 1 saturated heterocycles.